The standard InChI is InChI=1S/C9H6BrF2NO4/c10-9(11,12)8(14)17-5-6-1-3-7(4-2-6)13(15)16/h1-4H,5H2. The maximum Gasteiger partial charge on any atom is 0.396 e. The van der Waals surface area contributed by atoms with Crippen LogP contribution >= 0.6 is 15.9 Å². The van der Waals surface area contributed by atoms with E-state index in [1.54, 1.807) is 0 Å². The van der Waals surface area contributed by atoms with Gasteiger partial charge in [0.25, 0.3) is 5.69 Å². The van der Waals surface area contributed by atoms with Gasteiger partial charge in [-0.2, -0.15) is 8.78 Å². The molecule has 0 aromatic heterocycles. The predicted molar refractivity (Wildman–Crippen MR) is 56.8 cm³/mol. The number of hydrogen-bond donors (Lipinski definition) is 0. The van der Waals surface area contributed by atoms with Gasteiger partial charge in [-0.3, -0.25) is 10.1 Å². The molecule has 0 atom stereocenters. The SMILES string of the molecule is O=C(OCc1ccc([N+](=O)[O-])cc1)C(F)(F)Br. The molecule has 0 bridgehead atoms. The minimum atomic E-state index is -3.73. The van der Waals surface area contributed by atoms with Crippen molar-refractivity contribution in [3.8, 4) is 0 Å². The summed E-state index contributed by atoms with van der Waals surface area (Å²) in [6, 6.07) is 5.01. The minimum absolute atomic E-state index is 0.133. The van der Waals surface area contributed by atoms with Crippen molar-refractivity contribution >= 4 is 27.6 Å². The van der Waals surface area contributed by atoms with Crippen LogP contribution in [0.15, 0.2) is 24.3 Å². The highest BCUT2D eigenvalue weighted by atomic mass is 79.9. The van der Waals surface area contributed by atoms with E-state index in [-0.39, 0.29) is 12.3 Å². The van der Waals surface area contributed by atoms with Crippen LogP contribution in [0.1, 0.15) is 5.56 Å². The molecule has 0 amide bonds. The number of carbonyl (C=O) groups is 1. The Balaban J connectivity index is 2.59. The van der Waals surface area contributed by atoms with Crippen LogP contribution in [0, 0.1) is 10.1 Å². The Kier molecular flexibility index (Phi) is 4.11. The molecule has 0 heterocycles. The summed E-state index contributed by atoms with van der Waals surface area (Å²) in [4.78, 5) is 16.7. The quantitative estimate of drug-likeness (QED) is 0.371. The third kappa shape index (κ3) is 4.06. The smallest absolute Gasteiger partial charge is 0.396 e. The van der Waals surface area contributed by atoms with E-state index in [0.717, 1.165) is 0 Å². The topological polar surface area (TPSA) is 69.4 Å². The van der Waals surface area contributed by atoms with Gasteiger partial charge in [0.15, 0.2) is 0 Å². The van der Waals surface area contributed by atoms with E-state index in [4.69, 9.17) is 0 Å². The van der Waals surface area contributed by atoms with E-state index in [1.807, 2.05) is 15.9 Å². The molecule has 0 saturated heterocycles. The summed E-state index contributed by atoms with van der Waals surface area (Å²) in [6.45, 7) is -0.377. The second-order valence-electron chi connectivity index (χ2n) is 3.00. The second-order valence-corrected chi connectivity index (χ2v) is 3.99. The lowest BCUT2D eigenvalue weighted by molar-refractivity contribution is -0.384. The number of halogens is 3. The number of nitrogens with zero attached hydrogens (tertiary/aromatic N) is 1. The van der Waals surface area contributed by atoms with Gasteiger partial charge < -0.3 is 4.74 Å². The van der Waals surface area contributed by atoms with Crippen LogP contribution in [0.4, 0.5) is 14.5 Å². The van der Waals surface area contributed by atoms with Gasteiger partial charge in [0.05, 0.1) is 4.92 Å². The largest absolute Gasteiger partial charge is 0.456 e. The van der Waals surface area contributed by atoms with Gasteiger partial charge in [-0.25, -0.2) is 4.79 Å². The molecule has 8 heteroatoms. The molecule has 0 fully saturated rings. The van der Waals surface area contributed by atoms with Crippen molar-refractivity contribution in [2.24, 2.45) is 0 Å². The third-order valence-electron chi connectivity index (χ3n) is 1.75. The summed E-state index contributed by atoms with van der Waals surface area (Å²) < 4.78 is 29.0. The van der Waals surface area contributed by atoms with E-state index in [1.165, 1.54) is 24.3 Å². The van der Waals surface area contributed by atoms with Gasteiger partial charge in [-0.05, 0) is 17.7 Å². The van der Waals surface area contributed by atoms with E-state index in [9.17, 15) is 23.7 Å². The zero-order valence-electron chi connectivity index (χ0n) is 8.23. The van der Waals surface area contributed by atoms with Crippen LogP contribution in [0.2, 0.25) is 0 Å². The fourth-order valence-electron chi connectivity index (χ4n) is 0.945. The first-order chi connectivity index (χ1) is 7.80. The molecular weight excluding hydrogens is 304 g/mol. The highest BCUT2D eigenvalue weighted by molar-refractivity contribution is 9.10. The molecule has 1 aromatic rings. The molecule has 0 radical (unpaired) electrons. The van der Waals surface area contributed by atoms with Gasteiger partial charge in [0.1, 0.15) is 6.61 Å². The molecule has 17 heavy (non-hydrogen) atoms. The number of carbonyl (C=O) groups excluding carboxylic acids is 1. The number of nitro benzene ring substituents is 1. The molecule has 0 N–H and O–H groups in total. The average molecular weight is 310 g/mol. The summed E-state index contributed by atoms with van der Waals surface area (Å²) in [7, 11) is 0. The van der Waals surface area contributed by atoms with Crippen LogP contribution in [-0.4, -0.2) is 15.7 Å². The lowest BCUT2D eigenvalue weighted by Gasteiger charge is -2.08. The van der Waals surface area contributed by atoms with Crippen molar-refractivity contribution in [3.63, 3.8) is 0 Å². The molecule has 0 spiro atoms. The molecule has 1 aromatic carbocycles. The van der Waals surface area contributed by atoms with E-state index >= 15 is 0 Å². The minimum Gasteiger partial charge on any atom is -0.456 e. The van der Waals surface area contributed by atoms with Gasteiger partial charge in [-0.15, -0.1) is 0 Å². The zero-order valence-corrected chi connectivity index (χ0v) is 9.82. The van der Waals surface area contributed by atoms with Crippen molar-refractivity contribution in [1.82, 2.24) is 0 Å². The second kappa shape index (κ2) is 5.17. The van der Waals surface area contributed by atoms with Crippen molar-refractivity contribution in [2.75, 3.05) is 0 Å². The molecule has 0 aliphatic rings. The van der Waals surface area contributed by atoms with Crippen LogP contribution < -0.4 is 0 Å². The molecule has 0 unspecified atom stereocenters. The maximum absolute atomic E-state index is 12.3. The van der Waals surface area contributed by atoms with Crippen LogP contribution in [0.25, 0.3) is 0 Å². The number of esters is 1. The molecule has 5 nitrogen and oxygen atoms in total. The number of rotatable bonds is 4. The van der Waals surface area contributed by atoms with Crippen molar-refractivity contribution in [1.29, 1.82) is 0 Å². The van der Waals surface area contributed by atoms with E-state index in [0.29, 0.717) is 5.56 Å². The van der Waals surface area contributed by atoms with Gasteiger partial charge in [0, 0.05) is 28.1 Å². The molecule has 1 rings (SSSR count). The lowest BCUT2D eigenvalue weighted by Crippen LogP contribution is -2.23. The summed E-state index contributed by atoms with van der Waals surface area (Å²) in [5.74, 6) is -1.71. The highest BCUT2D eigenvalue weighted by Crippen LogP contribution is 2.23. The normalized spacial score (nSPS) is 11.0. The molecule has 92 valence electrons. The van der Waals surface area contributed by atoms with E-state index in [2.05, 4.69) is 4.74 Å². The van der Waals surface area contributed by atoms with Crippen LogP contribution in [0.5, 0.6) is 0 Å². The first-order valence-electron chi connectivity index (χ1n) is 4.28. The molecule has 0 aliphatic carbocycles. The first-order valence-corrected chi connectivity index (χ1v) is 5.07. The van der Waals surface area contributed by atoms with Crippen molar-refractivity contribution in [2.45, 2.75) is 11.4 Å². The Morgan fingerprint density at radius 2 is 1.94 bits per heavy atom. The lowest BCUT2D eigenvalue weighted by atomic mass is 10.2. The Bertz CT molecular complexity index is 430. The maximum atomic E-state index is 12.3. The monoisotopic (exact) mass is 309 g/mol. The van der Waals surface area contributed by atoms with Gasteiger partial charge in [-0.1, -0.05) is 0 Å². The average Bonchev–Trinajstić information content (AvgIpc) is 2.25. The number of hydrogen-bond acceptors (Lipinski definition) is 4. The Labute approximate surface area is 103 Å². The summed E-state index contributed by atoms with van der Waals surface area (Å²) in [6.07, 6.45) is 0. The third-order valence-corrected chi connectivity index (χ3v) is 2.07. The number of ether oxygens (including phenoxy) is 1. The Hall–Kier alpha value is -1.57. The fraction of sp³-hybridized carbons (Fsp3) is 0.222. The number of non-ortho nitro benzene ring substituents is 1. The first kappa shape index (κ1) is 13.5. The predicted octanol–water partition coefficient (Wildman–Crippen LogP) is 2.63. The highest BCUT2D eigenvalue weighted by Gasteiger charge is 2.36. The number of nitro groups is 1. The van der Waals surface area contributed by atoms with Gasteiger partial charge >= 0.3 is 10.8 Å². The Morgan fingerprint density at radius 1 is 1.41 bits per heavy atom. The van der Waals surface area contributed by atoms with Crippen LogP contribution in [-0.2, 0) is 16.1 Å². The molecule has 0 saturated carbocycles. The van der Waals surface area contributed by atoms with Crippen LogP contribution in [0.3, 0.4) is 0 Å². The van der Waals surface area contributed by atoms with Gasteiger partial charge in [0.2, 0.25) is 0 Å². The molecular formula is C9H6BrF2NO4. The van der Waals surface area contributed by atoms with Crippen molar-refractivity contribution in [3.05, 3.63) is 39.9 Å². The number of benzene rings is 1. The van der Waals surface area contributed by atoms with Crippen molar-refractivity contribution < 1.29 is 23.2 Å². The summed E-state index contributed by atoms with van der Waals surface area (Å²) in [5, 5.41) is 10.3. The summed E-state index contributed by atoms with van der Waals surface area (Å²) in [5.41, 5.74) is 0.242. The zero-order chi connectivity index (χ0) is 13.1. The fourth-order valence-corrected chi connectivity index (χ4v) is 1.06. The summed E-state index contributed by atoms with van der Waals surface area (Å²) >= 11 is 1.85. The Morgan fingerprint density at radius 3 is 2.35 bits per heavy atom. The molecule has 0 aliphatic heterocycles. The number of alkyl halides is 3. The van der Waals surface area contributed by atoms with E-state index < -0.39 is 15.7 Å².